The first kappa shape index (κ1) is 15.2. The summed E-state index contributed by atoms with van der Waals surface area (Å²) in [5, 5.41) is 7.57. The van der Waals surface area contributed by atoms with Gasteiger partial charge in [-0.25, -0.2) is 0 Å². The summed E-state index contributed by atoms with van der Waals surface area (Å²) in [6, 6.07) is 7.99. The molecule has 5 heteroatoms. The number of carbonyl (C=O) groups is 1. The molecule has 1 atom stereocenters. The third-order valence-electron chi connectivity index (χ3n) is 3.12. The maximum absolute atomic E-state index is 12.0. The summed E-state index contributed by atoms with van der Waals surface area (Å²) >= 11 is 3.39. The summed E-state index contributed by atoms with van der Waals surface area (Å²) < 4.78 is 4.91. The molecule has 2 aromatic rings. The average Bonchev–Trinajstić information content (AvgIpc) is 3.11. The molecule has 0 aromatic carbocycles. The van der Waals surface area contributed by atoms with Gasteiger partial charge in [-0.2, -0.15) is 0 Å². The number of hydrogen-bond acceptors (Lipinski definition) is 5. The summed E-state index contributed by atoms with van der Waals surface area (Å²) in [6.07, 6.45) is 0. The molecule has 0 unspecified atom stereocenters. The fourth-order valence-corrected chi connectivity index (χ4v) is 3.73. The molecule has 0 fully saturated rings. The zero-order chi connectivity index (χ0) is 14.5. The summed E-state index contributed by atoms with van der Waals surface area (Å²) in [7, 11) is 1.44. The zero-order valence-electron chi connectivity index (χ0n) is 11.8. The van der Waals surface area contributed by atoms with Crippen molar-refractivity contribution in [1.29, 1.82) is 0 Å². The zero-order valence-corrected chi connectivity index (χ0v) is 13.5. The van der Waals surface area contributed by atoms with Gasteiger partial charge in [0.25, 0.3) is 0 Å². The van der Waals surface area contributed by atoms with Gasteiger partial charge in [0.05, 0.1) is 13.2 Å². The molecule has 0 radical (unpaired) electrons. The number of ether oxygens (including phenoxy) is 1. The molecule has 108 valence electrons. The summed E-state index contributed by atoms with van der Waals surface area (Å²) in [5.41, 5.74) is 0. The van der Waals surface area contributed by atoms with Crippen molar-refractivity contribution in [2.45, 2.75) is 25.9 Å². The molecule has 0 aliphatic carbocycles. The molecule has 0 aliphatic heterocycles. The van der Waals surface area contributed by atoms with E-state index in [0.717, 1.165) is 0 Å². The van der Waals surface area contributed by atoms with Gasteiger partial charge >= 0.3 is 5.97 Å². The van der Waals surface area contributed by atoms with Crippen molar-refractivity contribution < 1.29 is 9.53 Å². The summed E-state index contributed by atoms with van der Waals surface area (Å²) in [6.45, 7) is 4.04. The Bertz CT molecular complexity index is 486. The predicted octanol–water partition coefficient (Wildman–Crippen LogP) is 3.69. The van der Waals surface area contributed by atoms with E-state index in [4.69, 9.17) is 4.74 Å². The lowest BCUT2D eigenvalue weighted by Gasteiger charge is -2.25. The molecule has 0 bridgehead atoms. The SMILES string of the molecule is COC(=O)[C@@H](NC(c1cccs1)c1cccs1)C(C)C. The highest BCUT2D eigenvalue weighted by Gasteiger charge is 2.28. The van der Waals surface area contributed by atoms with E-state index in [9.17, 15) is 4.79 Å². The third-order valence-corrected chi connectivity index (χ3v) is 5.00. The number of esters is 1. The summed E-state index contributed by atoms with van der Waals surface area (Å²) in [4.78, 5) is 14.4. The van der Waals surface area contributed by atoms with Crippen LogP contribution in [0.25, 0.3) is 0 Å². The highest BCUT2D eigenvalue weighted by molar-refractivity contribution is 7.11. The van der Waals surface area contributed by atoms with Crippen LogP contribution in [0.3, 0.4) is 0 Å². The molecule has 3 nitrogen and oxygen atoms in total. The van der Waals surface area contributed by atoms with Gasteiger partial charge in [-0.3, -0.25) is 10.1 Å². The number of thiophene rings is 2. The molecule has 0 aliphatic rings. The minimum atomic E-state index is -0.311. The number of nitrogens with one attached hydrogen (secondary N) is 1. The molecular formula is C15H19NO2S2. The van der Waals surface area contributed by atoms with Crippen LogP contribution in [0.1, 0.15) is 29.6 Å². The van der Waals surface area contributed by atoms with Crippen molar-refractivity contribution >= 4 is 28.6 Å². The Kier molecular flexibility index (Phi) is 5.34. The van der Waals surface area contributed by atoms with Gasteiger partial charge < -0.3 is 4.74 Å². The van der Waals surface area contributed by atoms with Crippen LogP contribution in [0.15, 0.2) is 35.0 Å². The second kappa shape index (κ2) is 7.02. The van der Waals surface area contributed by atoms with Crippen LogP contribution in [-0.2, 0) is 9.53 Å². The first-order chi connectivity index (χ1) is 9.63. The normalized spacial score (nSPS) is 12.8. The van der Waals surface area contributed by atoms with Crippen LogP contribution in [0.5, 0.6) is 0 Å². The maximum atomic E-state index is 12.0. The van der Waals surface area contributed by atoms with Gasteiger partial charge in [-0.05, 0) is 28.8 Å². The first-order valence-corrected chi connectivity index (χ1v) is 8.30. The standard InChI is InChI=1S/C15H19NO2S2/c1-10(2)13(15(17)18-3)16-14(11-6-4-8-19-11)12-7-5-9-20-12/h4-10,13-14,16H,1-3H3/t13-/m0/s1. The van der Waals surface area contributed by atoms with Gasteiger partial charge in [-0.1, -0.05) is 26.0 Å². The third kappa shape index (κ3) is 3.48. The Morgan fingerprint density at radius 3 is 2.05 bits per heavy atom. The van der Waals surface area contributed by atoms with Gasteiger partial charge in [0.2, 0.25) is 0 Å². The predicted molar refractivity (Wildman–Crippen MR) is 84.3 cm³/mol. The van der Waals surface area contributed by atoms with Crippen LogP contribution in [0, 0.1) is 5.92 Å². The second-order valence-electron chi connectivity index (χ2n) is 4.88. The van der Waals surface area contributed by atoms with E-state index in [2.05, 4.69) is 28.2 Å². The van der Waals surface area contributed by atoms with E-state index in [-0.39, 0.29) is 24.0 Å². The molecule has 2 heterocycles. The van der Waals surface area contributed by atoms with E-state index in [1.54, 1.807) is 22.7 Å². The van der Waals surface area contributed by atoms with E-state index in [0.29, 0.717) is 0 Å². The molecule has 0 spiro atoms. The van der Waals surface area contributed by atoms with Gasteiger partial charge in [0.1, 0.15) is 6.04 Å². The molecule has 0 saturated heterocycles. The van der Waals surface area contributed by atoms with Crippen molar-refractivity contribution in [3.05, 3.63) is 44.8 Å². The lowest BCUT2D eigenvalue weighted by atomic mass is 10.0. The average molecular weight is 309 g/mol. The van der Waals surface area contributed by atoms with Crippen molar-refractivity contribution in [3.8, 4) is 0 Å². The van der Waals surface area contributed by atoms with E-state index in [1.165, 1.54) is 16.9 Å². The highest BCUT2D eigenvalue weighted by atomic mass is 32.1. The molecule has 20 heavy (non-hydrogen) atoms. The maximum Gasteiger partial charge on any atom is 0.323 e. The Morgan fingerprint density at radius 2 is 1.70 bits per heavy atom. The molecule has 0 saturated carbocycles. The lowest BCUT2D eigenvalue weighted by Crippen LogP contribution is -2.43. The van der Waals surface area contributed by atoms with Crippen LogP contribution in [0.4, 0.5) is 0 Å². The number of carbonyl (C=O) groups excluding carboxylic acids is 1. The molecule has 0 amide bonds. The minimum absolute atomic E-state index is 0.0431. The Hall–Kier alpha value is -1.17. The van der Waals surface area contributed by atoms with Gasteiger partial charge in [0, 0.05) is 9.75 Å². The number of hydrogen-bond donors (Lipinski definition) is 1. The van der Waals surface area contributed by atoms with Gasteiger partial charge in [-0.15, -0.1) is 22.7 Å². The van der Waals surface area contributed by atoms with Crippen LogP contribution in [-0.4, -0.2) is 19.1 Å². The fourth-order valence-electron chi connectivity index (χ4n) is 2.05. The van der Waals surface area contributed by atoms with E-state index in [1.807, 2.05) is 26.0 Å². The topological polar surface area (TPSA) is 38.3 Å². The Morgan fingerprint density at radius 1 is 1.15 bits per heavy atom. The Labute approximate surface area is 127 Å². The highest BCUT2D eigenvalue weighted by Crippen LogP contribution is 2.30. The van der Waals surface area contributed by atoms with Crippen molar-refractivity contribution in [1.82, 2.24) is 5.32 Å². The Balaban J connectivity index is 2.26. The van der Waals surface area contributed by atoms with Crippen molar-refractivity contribution in [2.75, 3.05) is 7.11 Å². The molecule has 1 N–H and O–H groups in total. The largest absolute Gasteiger partial charge is 0.468 e. The lowest BCUT2D eigenvalue weighted by molar-refractivity contribution is -0.144. The van der Waals surface area contributed by atoms with Gasteiger partial charge in [0.15, 0.2) is 0 Å². The summed E-state index contributed by atoms with van der Waals surface area (Å²) in [5.74, 6) is -0.0389. The quantitative estimate of drug-likeness (QED) is 0.827. The van der Waals surface area contributed by atoms with Crippen molar-refractivity contribution in [3.63, 3.8) is 0 Å². The van der Waals surface area contributed by atoms with E-state index < -0.39 is 0 Å². The molecular weight excluding hydrogens is 290 g/mol. The minimum Gasteiger partial charge on any atom is -0.468 e. The fraction of sp³-hybridized carbons (Fsp3) is 0.400. The molecule has 2 rings (SSSR count). The van der Waals surface area contributed by atoms with Crippen LogP contribution >= 0.6 is 22.7 Å². The molecule has 2 aromatic heterocycles. The first-order valence-electron chi connectivity index (χ1n) is 6.54. The smallest absolute Gasteiger partial charge is 0.323 e. The van der Waals surface area contributed by atoms with Crippen LogP contribution in [0.2, 0.25) is 0 Å². The van der Waals surface area contributed by atoms with Crippen LogP contribution < -0.4 is 5.32 Å². The van der Waals surface area contributed by atoms with Crippen molar-refractivity contribution in [2.24, 2.45) is 5.92 Å². The van der Waals surface area contributed by atoms with E-state index >= 15 is 0 Å². The number of rotatable bonds is 6. The number of methoxy groups -OCH3 is 1. The second-order valence-corrected chi connectivity index (χ2v) is 6.83. The monoisotopic (exact) mass is 309 g/mol.